The van der Waals surface area contributed by atoms with Crippen LogP contribution in [0.2, 0.25) is 0 Å². The molecule has 78 valence electrons. The first-order chi connectivity index (χ1) is 7.03. The van der Waals surface area contributed by atoms with Gasteiger partial charge in [0.15, 0.2) is 9.41 Å². The fourth-order valence-electron chi connectivity index (χ4n) is 1.37. The Morgan fingerprint density at radius 2 is 1.93 bits per heavy atom. The Bertz CT molecular complexity index is 573. The lowest BCUT2D eigenvalue weighted by Crippen LogP contribution is -2.13. The maximum absolute atomic E-state index is 11.7. The van der Waals surface area contributed by atoms with Crippen LogP contribution in [0.3, 0.4) is 0 Å². The molecule has 0 saturated heterocycles. The van der Waals surface area contributed by atoms with Crippen molar-refractivity contribution in [2.45, 2.75) is 6.92 Å². The second-order valence-corrected chi connectivity index (χ2v) is 5.65. The molecule has 15 heavy (non-hydrogen) atoms. The van der Waals surface area contributed by atoms with Gasteiger partial charge in [-0.1, -0.05) is 35.9 Å². The molecule has 1 aromatic rings. The van der Waals surface area contributed by atoms with Crippen LogP contribution in [-0.2, 0) is 9.84 Å². The Morgan fingerprint density at radius 3 is 2.47 bits per heavy atom. The van der Waals surface area contributed by atoms with E-state index < -0.39 is 9.84 Å². The number of nitrogens with zero attached hydrogens (tertiary/aromatic N) is 1. The molecule has 0 saturated carbocycles. The number of benzene rings is 1. The summed E-state index contributed by atoms with van der Waals surface area (Å²) in [5, 5.41) is 0.0330. The van der Waals surface area contributed by atoms with Gasteiger partial charge in [0.05, 0.1) is 6.20 Å². The van der Waals surface area contributed by atoms with Gasteiger partial charge in [0.1, 0.15) is 0 Å². The smallest absolute Gasteiger partial charge is 0.236 e. The SMILES string of the molecule is Cc1ccccc1C1=NC=C(Cl)S1(=O)=O. The fourth-order valence-corrected chi connectivity index (χ4v) is 2.72. The summed E-state index contributed by atoms with van der Waals surface area (Å²) in [4.78, 5) is 3.84. The van der Waals surface area contributed by atoms with Crippen LogP contribution in [0.25, 0.3) is 0 Å². The summed E-state index contributed by atoms with van der Waals surface area (Å²) < 4.78 is 23.2. The van der Waals surface area contributed by atoms with Crippen LogP contribution in [0.5, 0.6) is 0 Å². The standard InChI is InChI=1S/C10H8ClNO2S/c1-7-4-2-3-5-8(7)10-12-6-9(11)15(10,13)14/h2-6H,1H3. The van der Waals surface area contributed by atoms with Crippen molar-refractivity contribution in [1.29, 1.82) is 0 Å². The summed E-state index contributed by atoms with van der Waals surface area (Å²) in [6, 6.07) is 7.16. The highest BCUT2D eigenvalue weighted by Gasteiger charge is 2.30. The predicted octanol–water partition coefficient (Wildman–Crippen LogP) is 2.21. The second kappa shape index (κ2) is 3.47. The van der Waals surface area contributed by atoms with Crippen LogP contribution in [0.15, 0.2) is 39.8 Å². The van der Waals surface area contributed by atoms with Crippen LogP contribution < -0.4 is 0 Å². The molecule has 1 aliphatic rings. The summed E-state index contributed by atoms with van der Waals surface area (Å²) in [5.74, 6) is 0. The average Bonchev–Trinajstić information content (AvgIpc) is 2.44. The van der Waals surface area contributed by atoms with E-state index >= 15 is 0 Å². The zero-order valence-corrected chi connectivity index (χ0v) is 9.51. The van der Waals surface area contributed by atoms with E-state index in [2.05, 4.69) is 4.99 Å². The number of hydrogen-bond donors (Lipinski definition) is 0. The number of hydrogen-bond acceptors (Lipinski definition) is 3. The molecule has 0 atom stereocenters. The highest BCUT2D eigenvalue weighted by molar-refractivity contribution is 8.11. The minimum Gasteiger partial charge on any atom is -0.241 e. The Kier molecular flexibility index (Phi) is 2.40. The molecule has 0 bridgehead atoms. The molecular formula is C10H8ClNO2S. The maximum atomic E-state index is 11.7. The van der Waals surface area contributed by atoms with Crippen LogP contribution in [0, 0.1) is 6.92 Å². The monoisotopic (exact) mass is 241 g/mol. The van der Waals surface area contributed by atoms with Gasteiger partial charge in [0.25, 0.3) is 0 Å². The Balaban J connectivity index is 2.59. The van der Waals surface area contributed by atoms with Gasteiger partial charge in [-0.2, -0.15) is 0 Å². The average molecular weight is 242 g/mol. The normalized spacial score (nSPS) is 18.5. The Hall–Kier alpha value is -1.13. The van der Waals surface area contributed by atoms with Crippen LogP contribution in [0.4, 0.5) is 0 Å². The minimum absolute atomic E-state index is 0.0330. The molecule has 1 aliphatic heterocycles. The molecule has 0 unspecified atom stereocenters. The van der Waals surface area contributed by atoms with Gasteiger partial charge in [-0.3, -0.25) is 0 Å². The highest BCUT2D eigenvalue weighted by atomic mass is 35.5. The number of aryl methyl sites for hydroxylation is 1. The lowest BCUT2D eigenvalue weighted by Gasteiger charge is -2.04. The topological polar surface area (TPSA) is 46.5 Å². The first-order valence-corrected chi connectivity index (χ1v) is 6.14. The van der Waals surface area contributed by atoms with Gasteiger partial charge in [-0.05, 0) is 12.5 Å². The van der Waals surface area contributed by atoms with Gasteiger partial charge < -0.3 is 0 Å². The highest BCUT2D eigenvalue weighted by Crippen LogP contribution is 2.25. The second-order valence-electron chi connectivity index (χ2n) is 3.19. The number of halogens is 1. The lowest BCUT2D eigenvalue weighted by molar-refractivity contribution is 0.615. The largest absolute Gasteiger partial charge is 0.241 e. The molecule has 0 aromatic heterocycles. The molecule has 2 rings (SSSR count). The van der Waals surface area contributed by atoms with Crippen molar-refractivity contribution in [3.05, 3.63) is 46.0 Å². The van der Waals surface area contributed by atoms with Crippen molar-refractivity contribution in [1.82, 2.24) is 0 Å². The summed E-state index contributed by atoms with van der Waals surface area (Å²) in [6.45, 7) is 1.83. The summed E-state index contributed by atoms with van der Waals surface area (Å²) >= 11 is 5.56. The molecule has 0 aliphatic carbocycles. The minimum atomic E-state index is -3.56. The van der Waals surface area contributed by atoms with Crippen molar-refractivity contribution in [2.75, 3.05) is 0 Å². The molecule has 0 amide bonds. The van der Waals surface area contributed by atoms with Crippen LogP contribution in [-0.4, -0.2) is 13.5 Å². The van der Waals surface area contributed by atoms with Gasteiger partial charge >= 0.3 is 0 Å². The molecule has 0 fully saturated rings. The van der Waals surface area contributed by atoms with E-state index in [-0.39, 0.29) is 9.41 Å². The summed E-state index contributed by atoms with van der Waals surface area (Å²) in [6.07, 6.45) is 1.17. The Morgan fingerprint density at radius 1 is 1.27 bits per heavy atom. The zero-order valence-electron chi connectivity index (χ0n) is 7.94. The van der Waals surface area contributed by atoms with Gasteiger partial charge in [-0.15, -0.1) is 0 Å². The first kappa shape index (κ1) is 10.4. The third-order valence-electron chi connectivity index (χ3n) is 2.17. The van der Waals surface area contributed by atoms with Crippen LogP contribution in [0.1, 0.15) is 11.1 Å². The molecule has 5 heteroatoms. The van der Waals surface area contributed by atoms with Crippen molar-refractivity contribution in [3.8, 4) is 0 Å². The van der Waals surface area contributed by atoms with Gasteiger partial charge in [0.2, 0.25) is 9.84 Å². The number of sulfone groups is 1. The zero-order chi connectivity index (χ0) is 11.1. The fraction of sp³-hybridized carbons (Fsp3) is 0.100. The van der Waals surface area contributed by atoms with E-state index in [0.29, 0.717) is 5.56 Å². The van der Waals surface area contributed by atoms with Crippen LogP contribution >= 0.6 is 11.6 Å². The third-order valence-corrected chi connectivity index (χ3v) is 4.33. The van der Waals surface area contributed by atoms with Gasteiger partial charge in [0, 0.05) is 5.56 Å². The van der Waals surface area contributed by atoms with Crippen molar-refractivity contribution < 1.29 is 8.42 Å². The van der Waals surface area contributed by atoms with Gasteiger partial charge in [-0.25, -0.2) is 13.4 Å². The first-order valence-electron chi connectivity index (χ1n) is 4.28. The molecule has 1 aromatic carbocycles. The number of aliphatic imine (C=N–C) groups is 1. The summed E-state index contributed by atoms with van der Waals surface area (Å²) in [7, 11) is -3.56. The predicted molar refractivity (Wildman–Crippen MR) is 60.6 cm³/mol. The van der Waals surface area contributed by atoms with Crippen molar-refractivity contribution in [3.63, 3.8) is 0 Å². The van der Waals surface area contributed by atoms with Crippen molar-refractivity contribution >= 4 is 26.5 Å². The molecule has 0 radical (unpaired) electrons. The molecule has 3 nitrogen and oxygen atoms in total. The van der Waals surface area contributed by atoms with E-state index in [4.69, 9.17) is 11.6 Å². The van der Waals surface area contributed by atoms with E-state index in [9.17, 15) is 8.42 Å². The van der Waals surface area contributed by atoms with E-state index in [0.717, 1.165) is 5.56 Å². The lowest BCUT2D eigenvalue weighted by atomic mass is 10.1. The van der Waals surface area contributed by atoms with E-state index in [1.807, 2.05) is 19.1 Å². The number of rotatable bonds is 1. The molecule has 0 N–H and O–H groups in total. The molecule has 1 heterocycles. The van der Waals surface area contributed by atoms with Crippen molar-refractivity contribution in [2.24, 2.45) is 4.99 Å². The Labute approximate surface area is 93.0 Å². The maximum Gasteiger partial charge on any atom is 0.236 e. The summed E-state index contributed by atoms with van der Waals surface area (Å²) in [5.41, 5.74) is 1.46. The van der Waals surface area contributed by atoms with E-state index in [1.165, 1.54) is 6.20 Å². The quantitative estimate of drug-likeness (QED) is 0.757. The molecular weight excluding hydrogens is 234 g/mol. The van der Waals surface area contributed by atoms with E-state index in [1.54, 1.807) is 12.1 Å². The molecule has 0 spiro atoms. The third kappa shape index (κ3) is 1.60.